The number of nitrogens with zero attached hydrogens (tertiary/aromatic N) is 1. The molecule has 1 heterocycles. The lowest BCUT2D eigenvalue weighted by atomic mass is 9.99. The summed E-state index contributed by atoms with van der Waals surface area (Å²) in [5, 5.41) is 3.91. The van der Waals surface area contributed by atoms with Gasteiger partial charge < -0.3 is 15.6 Å². The van der Waals surface area contributed by atoms with Gasteiger partial charge in [0, 0.05) is 17.1 Å². The summed E-state index contributed by atoms with van der Waals surface area (Å²) in [5.41, 5.74) is 8.93. The van der Waals surface area contributed by atoms with E-state index in [1.54, 1.807) is 10.8 Å². The van der Waals surface area contributed by atoms with Crippen molar-refractivity contribution in [1.29, 1.82) is 0 Å². The summed E-state index contributed by atoms with van der Waals surface area (Å²) in [4.78, 5) is 24.7. The van der Waals surface area contributed by atoms with Gasteiger partial charge in [-0.1, -0.05) is 78.9 Å². The number of primary amides is 1. The van der Waals surface area contributed by atoms with E-state index < -0.39 is 5.91 Å². The molecule has 0 aliphatic heterocycles. The summed E-state index contributed by atoms with van der Waals surface area (Å²) in [6, 6.07) is 27.3. The first-order valence-corrected chi connectivity index (χ1v) is 9.88. The van der Waals surface area contributed by atoms with Crippen LogP contribution in [-0.4, -0.2) is 16.4 Å². The van der Waals surface area contributed by atoms with Crippen LogP contribution in [0.5, 0.6) is 0 Å². The number of rotatable bonds is 7. The molecule has 1 atom stereocenters. The van der Waals surface area contributed by atoms with Gasteiger partial charge in [0.1, 0.15) is 6.54 Å². The number of amides is 2. The van der Waals surface area contributed by atoms with Crippen molar-refractivity contribution >= 4 is 22.7 Å². The maximum Gasteiger partial charge on any atom is 0.250 e. The van der Waals surface area contributed by atoms with E-state index in [0.29, 0.717) is 12.0 Å². The highest BCUT2D eigenvalue weighted by Crippen LogP contribution is 2.22. The summed E-state index contributed by atoms with van der Waals surface area (Å²) in [5.74, 6) is -0.631. The molecule has 0 aliphatic rings. The molecule has 0 spiro atoms. The van der Waals surface area contributed by atoms with E-state index in [9.17, 15) is 9.59 Å². The monoisotopic (exact) mass is 397 g/mol. The van der Waals surface area contributed by atoms with Crippen LogP contribution in [-0.2, 0) is 17.8 Å². The van der Waals surface area contributed by atoms with Crippen LogP contribution in [0.4, 0.5) is 0 Å². The maximum atomic E-state index is 13.0. The molecule has 150 valence electrons. The summed E-state index contributed by atoms with van der Waals surface area (Å²) in [6.07, 6.45) is 2.34. The number of carbonyl (C=O) groups excluding carboxylic acids is 2. The summed E-state index contributed by atoms with van der Waals surface area (Å²) in [6.45, 7) is 0.103. The molecule has 2 amide bonds. The molecule has 4 aromatic rings. The lowest BCUT2D eigenvalue weighted by molar-refractivity contribution is -0.122. The van der Waals surface area contributed by atoms with E-state index in [-0.39, 0.29) is 18.5 Å². The third-order valence-corrected chi connectivity index (χ3v) is 5.19. The zero-order valence-electron chi connectivity index (χ0n) is 16.5. The Morgan fingerprint density at radius 2 is 1.50 bits per heavy atom. The first-order valence-electron chi connectivity index (χ1n) is 9.88. The fraction of sp³-hybridized carbons (Fsp3) is 0.120. The minimum absolute atomic E-state index is 0.103. The molecule has 0 saturated carbocycles. The quantitative estimate of drug-likeness (QED) is 0.497. The highest BCUT2D eigenvalue weighted by atomic mass is 16.2. The van der Waals surface area contributed by atoms with E-state index in [1.165, 1.54) is 0 Å². The van der Waals surface area contributed by atoms with Gasteiger partial charge in [-0.15, -0.1) is 0 Å². The van der Waals surface area contributed by atoms with Crippen molar-refractivity contribution in [3.8, 4) is 0 Å². The van der Waals surface area contributed by atoms with Crippen LogP contribution in [0.1, 0.15) is 27.5 Å². The fourth-order valence-corrected chi connectivity index (χ4v) is 3.76. The Bertz CT molecular complexity index is 1170. The van der Waals surface area contributed by atoms with Crippen LogP contribution in [0.25, 0.3) is 10.9 Å². The Morgan fingerprint density at radius 3 is 2.20 bits per heavy atom. The number of hydrogen-bond acceptors (Lipinski definition) is 2. The average molecular weight is 397 g/mol. The highest BCUT2D eigenvalue weighted by Gasteiger charge is 2.18. The SMILES string of the molecule is NC(=O)c1cn(CC(=O)NC(Cc2ccccc2)c2ccccc2)c2ccccc12. The lowest BCUT2D eigenvalue weighted by Gasteiger charge is -2.20. The zero-order chi connectivity index (χ0) is 20.9. The van der Waals surface area contributed by atoms with Crippen LogP contribution in [0, 0.1) is 0 Å². The number of benzene rings is 3. The number of aromatic nitrogens is 1. The minimum Gasteiger partial charge on any atom is -0.366 e. The Morgan fingerprint density at radius 1 is 0.867 bits per heavy atom. The number of nitrogens with one attached hydrogen (secondary N) is 1. The van der Waals surface area contributed by atoms with E-state index >= 15 is 0 Å². The molecule has 0 saturated heterocycles. The Hall–Kier alpha value is -3.86. The number of nitrogens with two attached hydrogens (primary N) is 1. The second-order valence-corrected chi connectivity index (χ2v) is 7.27. The van der Waals surface area contributed by atoms with Crippen LogP contribution >= 0.6 is 0 Å². The molecular formula is C25H23N3O2. The van der Waals surface area contributed by atoms with Gasteiger partial charge >= 0.3 is 0 Å². The third kappa shape index (κ3) is 4.25. The van der Waals surface area contributed by atoms with Gasteiger partial charge in [-0.05, 0) is 23.6 Å². The normalized spacial score (nSPS) is 11.9. The van der Waals surface area contributed by atoms with Crippen molar-refractivity contribution in [2.24, 2.45) is 5.73 Å². The van der Waals surface area contributed by atoms with Gasteiger partial charge in [0.15, 0.2) is 0 Å². The molecule has 0 bridgehead atoms. The molecule has 1 unspecified atom stereocenters. The predicted octanol–water partition coefficient (Wildman–Crippen LogP) is 3.84. The molecule has 0 fully saturated rings. The molecule has 5 nitrogen and oxygen atoms in total. The molecule has 3 aromatic carbocycles. The smallest absolute Gasteiger partial charge is 0.250 e. The molecule has 5 heteroatoms. The van der Waals surface area contributed by atoms with Crippen molar-refractivity contribution in [1.82, 2.24) is 9.88 Å². The topological polar surface area (TPSA) is 77.1 Å². The molecule has 4 rings (SSSR count). The van der Waals surface area contributed by atoms with Crippen molar-refractivity contribution in [2.45, 2.75) is 19.0 Å². The van der Waals surface area contributed by atoms with Crippen LogP contribution in [0.2, 0.25) is 0 Å². The number of carbonyl (C=O) groups is 2. The second-order valence-electron chi connectivity index (χ2n) is 7.27. The molecular weight excluding hydrogens is 374 g/mol. The maximum absolute atomic E-state index is 13.0. The van der Waals surface area contributed by atoms with E-state index in [4.69, 9.17) is 5.73 Å². The largest absolute Gasteiger partial charge is 0.366 e. The first kappa shape index (κ1) is 19.5. The molecule has 3 N–H and O–H groups in total. The summed E-state index contributed by atoms with van der Waals surface area (Å²) in [7, 11) is 0. The number of para-hydroxylation sites is 1. The van der Waals surface area contributed by atoms with Crippen molar-refractivity contribution in [3.05, 3.63) is 108 Å². The minimum atomic E-state index is -0.503. The van der Waals surface area contributed by atoms with Crippen molar-refractivity contribution < 1.29 is 9.59 Å². The highest BCUT2D eigenvalue weighted by molar-refractivity contribution is 6.06. The molecule has 0 radical (unpaired) electrons. The third-order valence-electron chi connectivity index (χ3n) is 5.19. The van der Waals surface area contributed by atoms with Gasteiger partial charge in [-0.25, -0.2) is 0 Å². The van der Waals surface area contributed by atoms with Gasteiger partial charge in [0.05, 0.1) is 11.6 Å². The fourth-order valence-electron chi connectivity index (χ4n) is 3.76. The van der Waals surface area contributed by atoms with E-state index in [2.05, 4.69) is 17.4 Å². The van der Waals surface area contributed by atoms with Crippen molar-refractivity contribution in [3.63, 3.8) is 0 Å². The van der Waals surface area contributed by atoms with Crippen LogP contribution < -0.4 is 11.1 Å². The predicted molar refractivity (Wildman–Crippen MR) is 118 cm³/mol. The summed E-state index contributed by atoms with van der Waals surface area (Å²) >= 11 is 0. The molecule has 0 aliphatic carbocycles. The number of hydrogen-bond donors (Lipinski definition) is 2. The van der Waals surface area contributed by atoms with E-state index in [0.717, 1.165) is 22.0 Å². The average Bonchev–Trinajstić information content (AvgIpc) is 3.13. The lowest BCUT2D eigenvalue weighted by Crippen LogP contribution is -2.32. The molecule has 30 heavy (non-hydrogen) atoms. The van der Waals surface area contributed by atoms with Gasteiger partial charge in [0.25, 0.3) is 5.91 Å². The van der Waals surface area contributed by atoms with Gasteiger partial charge in [-0.2, -0.15) is 0 Å². The Balaban J connectivity index is 1.58. The summed E-state index contributed by atoms with van der Waals surface area (Å²) < 4.78 is 1.77. The first-order chi connectivity index (χ1) is 14.6. The van der Waals surface area contributed by atoms with Gasteiger partial charge in [-0.3, -0.25) is 9.59 Å². The Kier molecular flexibility index (Phi) is 5.61. The van der Waals surface area contributed by atoms with Gasteiger partial charge in [0.2, 0.25) is 5.91 Å². The second kappa shape index (κ2) is 8.66. The number of fused-ring (bicyclic) bond motifs is 1. The van der Waals surface area contributed by atoms with Crippen molar-refractivity contribution in [2.75, 3.05) is 0 Å². The molecule has 1 aromatic heterocycles. The van der Waals surface area contributed by atoms with Crippen LogP contribution in [0.15, 0.2) is 91.1 Å². The standard InChI is InChI=1S/C25H23N3O2/c26-25(30)21-16-28(23-14-8-7-13-20(21)23)17-24(29)27-22(19-11-5-2-6-12-19)15-18-9-3-1-4-10-18/h1-14,16,22H,15,17H2,(H2,26,30)(H,27,29). The zero-order valence-corrected chi connectivity index (χ0v) is 16.5. The van der Waals surface area contributed by atoms with Crippen LogP contribution in [0.3, 0.4) is 0 Å². The van der Waals surface area contributed by atoms with E-state index in [1.807, 2.05) is 72.8 Å². The Labute approximate surface area is 175 Å².